The first kappa shape index (κ1) is 7.60. The van der Waals surface area contributed by atoms with Gasteiger partial charge in [-0.3, -0.25) is 4.90 Å². The molecule has 2 heterocycles. The van der Waals surface area contributed by atoms with Gasteiger partial charge in [-0.25, -0.2) is 0 Å². The lowest BCUT2D eigenvalue weighted by atomic mass is 9.91. The molecule has 0 radical (unpaired) electrons. The molecule has 2 rings (SSSR count). The second-order valence-corrected chi connectivity index (χ2v) is 4.26. The van der Waals surface area contributed by atoms with Crippen molar-refractivity contribution in [2.24, 2.45) is 0 Å². The van der Waals surface area contributed by atoms with E-state index in [9.17, 15) is 0 Å². The van der Waals surface area contributed by atoms with Crippen molar-refractivity contribution in [3.63, 3.8) is 0 Å². The number of hydrogen-bond donors (Lipinski definition) is 0. The summed E-state index contributed by atoms with van der Waals surface area (Å²) in [5.41, 5.74) is 0.652. The van der Waals surface area contributed by atoms with E-state index in [0.29, 0.717) is 5.54 Å². The molecule has 0 spiro atoms. The van der Waals surface area contributed by atoms with Gasteiger partial charge in [0.05, 0.1) is 0 Å². The molecule has 64 valence electrons. The Morgan fingerprint density at radius 3 is 2.91 bits per heavy atom. The van der Waals surface area contributed by atoms with Gasteiger partial charge in [-0.15, -0.1) is 0 Å². The zero-order valence-electron chi connectivity index (χ0n) is 7.77. The highest BCUT2D eigenvalue weighted by Crippen LogP contribution is 2.43. The highest BCUT2D eigenvalue weighted by molar-refractivity contribution is 5.02. The Labute approximate surface area is 69.8 Å². The van der Waals surface area contributed by atoms with Gasteiger partial charge >= 0.3 is 0 Å². The summed E-state index contributed by atoms with van der Waals surface area (Å²) in [6, 6.07) is 0.873. The van der Waals surface area contributed by atoms with E-state index in [1.54, 1.807) is 0 Å². The molecule has 0 bridgehead atoms. The average Bonchev–Trinajstić information content (AvgIpc) is 2.53. The SMILES string of the molecule is CCC12CCCN1C(C)CC2. The Hall–Kier alpha value is -0.0400. The van der Waals surface area contributed by atoms with E-state index in [4.69, 9.17) is 0 Å². The Morgan fingerprint density at radius 2 is 2.27 bits per heavy atom. The lowest BCUT2D eigenvalue weighted by molar-refractivity contribution is 0.153. The molecule has 2 fully saturated rings. The van der Waals surface area contributed by atoms with Crippen LogP contribution in [-0.2, 0) is 0 Å². The summed E-state index contributed by atoms with van der Waals surface area (Å²) in [4.78, 5) is 2.76. The lowest BCUT2D eigenvalue weighted by Gasteiger charge is -2.33. The summed E-state index contributed by atoms with van der Waals surface area (Å²) in [6.45, 7) is 6.12. The summed E-state index contributed by atoms with van der Waals surface area (Å²) in [5, 5.41) is 0. The minimum absolute atomic E-state index is 0.652. The zero-order valence-corrected chi connectivity index (χ0v) is 7.77. The largest absolute Gasteiger partial charge is 0.295 e. The molecule has 0 aliphatic carbocycles. The van der Waals surface area contributed by atoms with Gasteiger partial charge in [0, 0.05) is 11.6 Å². The van der Waals surface area contributed by atoms with Gasteiger partial charge in [0.1, 0.15) is 0 Å². The van der Waals surface area contributed by atoms with Crippen molar-refractivity contribution in [3.05, 3.63) is 0 Å². The molecule has 2 aliphatic rings. The number of nitrogens with zero attached hydrogens (tertiary/aromatic N) is 1. The fourth-order valence-electron chi connectivity index (χ4n) is 3.11. The van der Waals surface area contributed by atoms with Gasteiger partial charge in [-0.1, -0.05) is 6.92 Å². The molecule has 2 unspecified atom stereocenters. The van der Waals surface area contributed by atoms with Gasteiger partial charge < -0.3 is 0 Å². The molecule has 0 aromatic rings. The van der Waals surface area contributed by atoms with Crippen molar-refractivity contribution in [3.8, 4) is 0 Å². The molecule has 2 aliphatic heterocycles. The van der Waals surface area contributed by atoms with Crippen molar-refractivity contribution in [2.45, 2.75) is 57.5 Å². The maximum Gasteiger partial charge on any atom is 0.0210 e. The second-order valence-electron chi connectivity index (χ2n) is 4.26. The van der Waals surface area contributed by atoms with Crippen molar-refractivity contribution in [1.29, 1.82) is 0 Å². The summed E-state index contributed by atoms with van der Waals surface area (Å²) in [5.74, 6) is 0. The van der Waals surface area contributed by atoms with E-state index in [-0.39, 0.29) is 0 Å². The third kappa shape index (κ3) is 0.936. The standard InChI is InChI=1S/C10H19N/c1-3-10-6-4-8-11(10)9(2)5-7-10/h9H,3-8H2,1-2H3. The second kappa shape index (κ2) is 2.48. The van der Waals surface area contributed by atoms with Crippen LogP contribution in [-0.4, -0.2) is 23.0 Å². The van der Waals surface area contributed by atoms with Gasteiger partial charge in [0.25, 0.3) is 0 Å². The van der Waals surface area contributed by atoms with E-state index < -0.39 is 0 Å². The molecule has 0 aromatic carbocycles. The molecule has 1 heteroatoms. The van der Waals surface area contributed by atoms with Crippen LogP contribution in [0.5, 0.6) is 0 Å². The fourth-order valence-corrected chi connectivity index (χ4v) is 3.11. The topological polar surface area (TPSA) is 3.24 Å². The Balaban J connectivity index is 2.18. The third-order valence-corrected chi connectivity index (χ3v) is 3.87. The van der Waals surface area contributed by atoms with Crippen LogP contribution in [0.15, 0.2) is 0 Å². The van der Waals surface area contributed by atoms with E-state index in [1.807, 2.05) is 0 Å². The van der Waals surface area contributed by atoms with E-state index in [0.717, 1.165) is 6.04 Å². The van der Waals surface area contributed by atoms with Crippen molar-refractivity contribution in [2.75, 3.05) is 6.54 Å². The highest BCUT2D eigenvalue weighted by Gasteiger charge is 2.45. The average molecular weight is 153 g/mol. The van der Waals surface area contributed by atoms with Crippen LogP contribution in [0.2, 0.25) is 0 Å². The molecular formula is C10H19N. The molecule has 0 amide bonds. The summed E-state index contributed by atoms with van der Waals surface area (Å²) >= 11 is 0. The zero-order chi connectivity index (χ0) is 7.90. The van der Waals surface area contributed by atoms with Crippen molar-refractivity contribution >= 4 is 0 Å². The maximum atomic E-state index is 2.76. The minimum Gasteiger partial charge on any atom is -0.295 e. The number of hydrogen-bond acceptors (Lipinski definition) is 1. The third-order valence-electron chi connectivity index (χ3n) is 3.87. The van der Waals surface area contributed by atoms with Crippen LogP contribution < -0.4 is 0 Å². The summed E-state index contributed by atoms with van der Waals surface area (Å²) in [7, 11) is 0. The summed E-state index contributed by atoms with van der Waals surface area (Å²) in [6.07, 6.45) is 7.18. The fraction of sp³-hybridized carbons (Fsp3) is 1.00. The smallest absolute Gasteiger partial charge is 0.0210 e. The van der Waals surface area contributed by atoms with Crippen LogP contribution >= 0.6 is 0 Å². The number of rotatable bonds is 1. The molecule has 2 saturated heterocycles. The lowest BCUT2D eigenvalue weighted by Crippen LogP contribution is -2.40. The van der Waals surface area contributed by atoms with Crippen LogP contribution in [0.25, 0.3) is 0 Å². The monoisotopic (exact) mass is 153 g/mol. The van der Waals surface area contributed by atoms with Gasteiger partial charge in [0.2, 0.25) is 0 Å². The van der Waals surface area contributed by atoms with Crippen LogP contribution in [0.4, 0.5) is 0 Å². The molecule has 0 aromatic heterocycles. The van der Waals surface area contributed by atoms with E-state index in [2.05, 4.69) is 18.7 Å². The quantitative estimate of drug-likeness (QED) is 0.559. The molecule has 1 nitrogen and oxygen atoms in total. The van der Waals surface area contributed by atoms with Crippen LogP contribution in [0.3, 0.4) is 0 Å². The predicted molar refractivity (Wildman–Crippen MR) is 47.7 cm³/mol. The Morgan fingerprint density at radius 1 is 1.45 bits per heavy atom. The minimum atomic E-state index is 0.652. The first-order valence-electron chi connectivity index (χ1n) is 5.05. The van der Waals surface area contributed by atoms with Gasteiger partial charge in [-0.2, -0.15) is 0 Å². The molecule has 0 N–H and O–H groups in total. The van der Waals surface area contributed by atoms with Crippen molar-refractivity contribution < 1.29 is 0 Å². The summed E-state index contributed by atoms with van der Waals surface area (Å²) < 4.78 is 0. The normalized spacial score (nSPS) is 44.7. The van der Waals surface area contributed by atoms with Crippen molar-refractivity contribution in [1.82, 2.24) is 4.90 Å². The van der Waals surface area contributed by atoms with Crippen LogP contribution in [0.1, 0.15) is 46.0 Å². The van der Waals surface area contributed by atoms with E-state index >= 15 is 0 Å². The molecule has 0 saturated carbocycles. The molecule has 2 atom stereocenters. The maximum absolute atomic E-state index is 2.76. The van der Waals surface area contributed by atoms with Crippen LogP contribution in [0, 0.1) is 0 Å². The Bertz CT molecular complexity index is 155. The highest BCUT2D eigenvalue weighted by atomic mass is 15.3. The van der Waals surface area contributed by atoms with E-state index in [1.165, 1.54) is 38.6 Å². The van der Waals surface area contributed by atoms with Gasteiger partial charge in [-0.05, 0) is 45.6 Å². The Kier molecular flexibility index (Phi) is 1.71. The first-order chi connectivity index (χ1) is 5.28. The molecule has 11 heavy (non-hydrogen) atoms. The first-order valence-corrected chi connectivity index (χ1v) is 5.05. The number of fused-ring (bicyclic) bond motifs is 1. The van der Waals surface area contributed by atoms with Gasteiger partial charge in [0.15, 0.2) is 0 Å². The molecular weight excluding hydrogens is 134 g/mol. The predicted octanol–water partition coefficient (Wildman–Crippen LogP) is 2.41.